The van der Waals surface area contributed by atoms with Crippen LogP contribution in [0.5, 0.6) is 5.75 Å². The van der Waals surface area contributed by atoms with E-state index in [0.717, 1.165) is 32.3 Å². The molecule has 1 N–H and O–H groups in total. The maximum Gasteiger partial charge on any atom is 0.130 e. The van der Waals surface area contributed by atoms with Crippen LogP contribution in [-0.4, -0.2) is 10.1 Å². The maximum absolute atomic E-state index is 9.04. The van der Waals surface area contributed by atoms with Crippen LogP contribution in [-0.2, 0) is 13.2 Å². The molecule has 4 heteroatoms. The first-order valence-corrected chi connectivity index (χ1v) is 7.41. The van der Waals surface area contributed by atoms with E-state index in [1.807, 2.05) is 48.5 Å². The molecule has 0 bridgehead atoms. The Morgan fingerprint density at radius 2 is 1.76 bits per heavy atom. The molecule has 0 saturated carbocycles. The molecule has 3 nitrogen and oxygen atoms in total. The summed E-state index contributed by atoms with van der Waals surface area (Å²) in [5.41, 5.74) is 2.87. The van der Waals surface area contributed by atoms with Crippen LogP contribution in [0.4, 0.5) is 0 Å². The summed E-state index contributed by atoms with van der Waals surface area (Å²) in [6.07, 6.45) is 1.75. The minimum absolute atomic E-state index is 0.0605. The molecule has 1 aromatic heterocycles. The second-order valence-electron chi connectivity index (χ2n) is 4.73. The molecule has 3 aromatic rings. The first-order valence-electron chi connectivity index (χ1n) is 6.62. The van der Waals surface area contributed by atoms with E-state index in [0.29, 0.717) is 6.61 Å². The molecule has 0 aliphatic rings. The average Bonchev–Trinajstić information content (AvgIpc) is 2.53. The van der Waals surface area contributed by atoms with Crippen molar-refractivity contribution >= 4 is 26.8 Å². The van der Waals surface area contributed by atoms with Gasteiger partial charge >= 0.3 is 0 Å². The van der Waals surface area contributed by atoms with E-state index in [1.165, 1.54) is 0 Å². The normalized spacial score (nSPS) is 10.8. The van der Waals surface area contributed by atoms with Crippen LogP contribution in [0.25, 0.3) is 10.9 Å². The molecule has 0 radical (unpaired) electrons. The molecule has 1 heterocycles. The van der Waals surface area contributed by atoms with Gasteiger partial charge in [-0.1, -0.05) is 40.2 Å². The third-order valence-electron chi connectivity index (χ3n) is 3.26. The van der Waals surface area contributed by atoms with Crippen molar-refractivity contribution in [2.45, 2.75) is 13.2 Å². The van der Waals surface area contributed by atoms with Crippen molar-refractivity contribution in [1.82, 2.24) is 4.98 Å². The molecule has 21 heavy (non-hydrogen) atoms. The first-order chi connectivity index (χ1) is 10.3. The molecule has 0 fully saturated rings. The molecule has 0 saturated heterocycles. The summed E-state index contributed by atoms with van der Waals surface area (Å²) in [5, 5.41) is 10.0. The first kappa shape index (κ1) is 14.0. The SMILES string of the molecule is OCc1ccc(COc2ccnc3cc(Br)ccc23)cc1. The van der Waals surface area contributed by atoms with E-state index >= 15 is 0 Å². The summed E-state index contributed by atoms with van der Waals surface area (Å²) in [5.74, 6) is 0.818. The van der Waals surface area contributed by atoms with Gasteiger partial charge in [-0.05, 0) is 35.4 Å². The largest absolute Gasteiger partial charge is 0.488 e. The lowest BCUT2D eigenvalue weighted by Gasteiger charge is -2.09. The highest BCUT2D eigenvalue weighted by Crippen LogP contribution is 2.27. The number of aromatic nitrogens is 1. The standard InChI is InChI=1S/C17H14BrNO2/c18-14-5-6-15-16(9-14)19-8-7-17(15)21-11-13-3-1-12(10-20)2-4-13/h1-9,20H,10-11H2. The zero-order valence-electron chi connectivity index (χ0n) is 11.3. The van der Waals surface area contributed by atoms with E-state index in [4.69, 9.17) is 9.84 Å². The fourth-order valence-electron chi connectivity index (χ4n) is 2.12. The van der Waals surface area contributed by atoms with Crippen LogP contribution in [0, 0.1) is 0 Å². The molecule has 2 aromatic carbocycles. The van der Waals surface area contributed by atoms with Crippen molar-refractivity contribution in [3.8, 4) is 5.75 Å². The Balaban J connectivity index is 1.81. The molecule has 0 amide bonds. The molecule has 0 aliphatic heterocycles. The van der Waals surface area contributed by atoms with Crippen molar-refractivity contribution in [3.63, 3.8) is 0 Å². The van der Waals surface area contributed by atoms with Crippen LogP contribution >= 0.6 is 15.9 Å². The van der Waals surface area contributed by atoms with Gasteiger partial charge in [0.25, 0.3) is 0 Å². The highest BCUT2D eigenvalue weighted by Gasteiger charge is 2.04. The van der Waals surface area contributed by atoms with Crippen molar-refractivity contribution in [1.29, 1.82) is 0 Å². The van der Waals surface area contributed by atoms with Gasteiger partial charge in [0.2, 0.25) is 0 Å². The van der Waals surface area contributed by atoms with Gasteiger partial charge in [0, 0.05) is 16.1 Å². The molecule has 3 rings (SSSR count). The Bertz CT molecular complexity index is 756. The molecular weight excluding hydrogens is 330 g/mol. The molecule has 106 valence electrons. The number of hydrogen-bond acceptors (Lipinski definition) is 3. The molecule has 0 unspecified atom stereocenters. The van der Waals surface area contributed by atoms with Crippen LogP contribution in [0.2, 0.25) is 0 Å². The van der Waals surface area contributed by atoms with Crippen LogP contribution in [0.1, 0.15) is 11.1 Å². The van der Waals surface area contributed by atoms with Crippen molar-refractivity contribution in [3.05, 3.63) is 70.3 Å². The summed E-state index contributed by atoms with van der Waals surface area (Å²) in [4.78, 5) is 4.34. The zero-order chi connectivity index (χ0) is 14.7. The number of aliphatic hydroxyl groups excluding tert-OH is 1. The van der Waals surface area contributed by atoms with Gasteiger partial charge in [-0.3, -0.25) is 4.98 Å². The van der Waals surface area contributed by atoms with E-state index in [2.05, 4.69) is 20.9 Å². The highest BCUT2D eigenvalue weighted by atomic mass is 79.9. The Morgan fingerprint density at radius 1 is 1.00 bits per heavy atom. The third-order valence-corrected chi connectivity index (χ3v) is 3.76. The van der Waals surface area contributed by atoms with E-state index in [1.54, 1.807) is 6.20 Å². The molecule has 0 atom stereocenters. The monoisotopic (exact) mass is 343 g/mol. The number of hydrogen-bond donors (Lipinski definition) is 1. The van der Waals surface area contributed by atoms with Gasteiger partial charge < -0.3 is 9.84 Å². The highest BCUT2D eigenvalue weighted by molar-refractivity contribution is 9.10. The van der Waals surface area contributed by atoms with Gasteiger partial charge in [0.05, 0.1) is 12.1 Å². The average molecular weight is 344 g/mol. The summed E-state index contributed by atoms with van der Waals surface area (Å²) < 4.78 is 6.90. The number of fused-ring (bicyclic) bond motifs is 1. The van der Waals surface area contributed by atoms with Gasteiger partial charge in [-0.25, -0.2) is 0 Å². The van der Waals surface area contributed by atoms with Crippen LogP contribution < -0.4 is 4.74 Å². The number of benzene rings is 2. The van der Waals surface area contributed by atoms with E-state index < -0.39 is 0 Å². The number of aliphatic hydroxyl groups is 1. The summed E-state index contributed by atoms with van der Waals surface area (Å²) >= 11 is 3.44. The van der Waals surface area contributed by atoms with Gasteiger partial charge in [-0.2, -0.15) is 0 Å². The lowest BCUT2D eigenvalue weighted by molar-refractivity contribution is 0.281. The third kappa shape index (κ3) is 3.23. The van der Waals surface area contributed by atoms with E-state index in [-0.39, 0.29) is 6.61 Å². The Kier molecular flexibility index (Phi) is 4.18. The van der Waals surface area contributed by atoms with Gasteiger partial charge in [-0.15, -0.1) is 0 Å². The lowest BCUT2D eigenvalue weighted by atomic mass is 10.1. The van der Waals surface area contributed by atoms with Crippen molar-refractivity contribution in [2.75, 3.05) is 0 Å². The van der Waals surface area contributed by atoms with Crippen LogP contribution in [0.3, 0.4) is 0 Å². The minimum Gasteiger partial charge on any atom is -0.488 e. The number of pyridine rings is 1. The summed E-state index contributed by atoms with van der Waals surface area (Å²) in [6.45, 7) is 0.548. The fourth-order valence-corrected chi connectivity index (χ4v) is 2.47. The Labute approximate surface area is 131 Å². The minimum atomic E-state index is 0.0605. The van der Waals surface area contributed by atoms with Crippen molar-refractivity contribution < 1.29 is 9.84 Å². The van der Waals surface area contributed by atoms with Crippen molar-refractivity contribution in [2.24, 2.45) is 0 Å². The summed E-state index contributed by atoms with van der Waals surface area (Å²) in [6, 6.07) is 15.6. The number of rotatable bonds is 4. The second kappa shape index (κ2) is 6.24. The molecule has 0 aliphatic carbocycles. The summed E-state index contributed by atoms with van der Waals surface area (Å²) in [7, 11) is 0. The van der Waals surface area contributed by atoms with Crippen LogP contribution in [0.15, 0.2) is 59.2 Å². The lowest BCUT2D eigenvalue weighted by Crippen LogP contribution is -1.97. The number of halogens is 1. The maximum atomic E-state index is 9.04. The quantitative estimate of drug-likeness (QED) is 0.776. The zero-order valence-corrected chi connectivity index (χ0v) is 12.9. The number of nitrogens with zero attached hydrogens (tertiary/aromatic N) is 1. The Hall–Kier alpha value is -1.91. The smallest absolute Gasteiger partial charge is 0.130 e. The predicted molar refractivity (Wildman–Crippen MR) is 86.1 cm³/mol. The number of ether oxygens (including phenoxy) is 1. The second-order valence-corrected chi connectivity index (χ2v) is 5.65. The fraction of sp³-hybridized carbons (Fsp3) is 0.118. The topological polar surface area (TPSA) is 42.4 Å². The molecular formula is C17H14BrNO2. The van der Waals surface area contributed by atoms with E-state index in [9.17, 15) is 0 Å². The van der Waals surface area contributed by atoms with Gasteiger partial charge in [0.15, 0.2) is 0 Å². The van der Waals surface area contributed by atoms with Gasteiger partial charge in [0.1, 0.15) is 12.4 Å². The predicted octanol–water partition coefficient (Wildman–Crippen LogP) is 4.07. The Morgan fingerprint density at radius 3 is 2.52 bits per heavy atom. The molecule has 0 spiro atoms.